The molecule has 0 saturated heterocycles. The molecule has 2 amide bonds. The summed E-state index contributed by atoms with van der Waals surface area (Å²) in [5, 5.41) is 12.8. The third-order valence-electron chi connectivity index (χ3n) is 4.00. The highest BCUT2D eigenvalue weighted by molar-refractivity contribution is 6.32. The van der Waals surface area contributed by atoms with Crippen LogP contribution in [0.15, 0.2) is 24.4 Å². The number of anilines is 2. The van der Waals surface area contributed by atoms with Crippen LogP contribution in [-0.4, -0.2) is 37.0 Å². The Morgan fingerprint density at radius 2 is 2.00 bits per heavy atom. The lowest BCUT2D eigenvalue weighted by molar-refractivity contribution is -0.114. The molecule has 0 unspecified atom stereocenters. The third-order valence-corrected chi connectivity index (χ3v) is 4.29. The summed E-state index contributed by atoms with van der Waals surface area (Å²) in [7, 11) is 1.51. The second kappa shape index (κ2) is 9.00. The van der Waals surface area contributed by atoms with Crippen LogP contribution in [0.5, 0.6) is 0 Å². The fourth-order valence-corrected chi connectivity index (χ4v) is 2.79. The van der Waals surface area contributed by atoms with Crippen LogP contribution in [0.1, 0.15) is 25.5 Å². The summed E-state index contributed by atoms with van der Waals surface area (Å²) in [6.45, 7) is 2.69. The monoisotopic (exact) mass is 451 g/mol. The molecular weight excluding hydrogens is 436 g/mol. The number of rotatable bonds is 5. The van der Waals surface area contributed by atoms with Crippen molar-refractivity contribution in [2.24, 2.45) is 7.05 Å². The van der Waals surface area contributed by atoms with Gasteiger partial charge in [-0.2, -0.15) is 4.39 Å². The van der Waals surface area contributed by atoms with Crippen LogP contribution >= 0.6 is 11.6 Å². The van der Waals surface area contributed by atoms with Crippen LogP contribution in [-0.2, 0) is 16.6 Å². The van der Waals surface area contributed by atoms with Gasteiger partial charge >= 0.3 is 6.09 Å². The smallest absolute Gasteiger partial charge is 0.413 e. The predicted molar refractivity (Wildman–Crippen MR) is 106 cm³/mol. The number of aromatic nitrogens is 5. The Morgan fingerprint density at radius 3 is 2.68 bits per heavy atom. The molecule has 3 heterocycles. The minimum Gasteiger partial charge on any atom is -0.441 e. The van der Waals surface area contributed by atoms with Crippen LogP contribution < -0.4 is 10.6 Å². The Balaban J connectivity index is 1.80. The van der Waals surface area contributed by atoms with Gasteiger partial charge < -0.3 is 10.1 Å². The Bertz CT molecular complexity index is 1160. The summed E-state index contributed by atoms with van der Waals surface area (Å²) >= 11 is 6.09. The first kappa shape index (κ1) is 22.0. The van der Waals surface area contributed by atoms with Gasteiger partial charge in [-0.25, -0.2) is 23.8 Å². The van der Waals surface area contributed by atoms with E-state index in [9.17, 15) is 18.4 Å². The number of hydrogen-bond acceptors (Lipinski definition) is 7. The molecule has 10 nitrogen and oxygen atoms in total. The maximum absolute atomic E-state index is 13.8. The molecule has 0 aromatic carbocycles. The van der Waals surface area contributed by atoms with Gasteiger partial charge in [-0.1, -0.05) is 16.8 Å². The van der Waals surface area contributed by atoms with Gasteiger partial charge in [0.15, 0.2) is 16.7 Å². The van der Waals surface area contributed by atoms with E-state index in [1.165, 1.54) is 37.7 Å². The molecule has 3 aromatic heterocycles. The molecule has 162 valence electrons. The van der Waals surface area contributed by atoms with Crippen molar-refractivity contribution in [3.63, 3.8) is 0 Å². The Hall–Kier alpha value is -3.67. The van der Waals surface area contributed by atoms with Crippen LogP contribution in [0.4, 0.5) is 25.1 Å². The maximum Gasteiger partial charge on any atom is 0.413 e. The van der Waals surface area contributed by atoms with Crippen molar-refractivity contribution in [2.75, 3.05) is 10.6 Å². The molecule has 0 spiro atoms. The van der Waals surface area contributed by atoms with Gasteiger partial charge in [0.05, 0.1) is 23.1 Å². The normalized spacial score (nSPS) is 11.7. The van der Waals surface area contributed by atoms with E-state index in [4.69, 9.17) is 16.3 Å². The lowest BCUT2D eigenvalue weighted by atomic mass is 10.2. The zero-order valence-corrected chi connectivity index (χ0v) is 17.2. The molecule has 3 aromatic rings. The number of hydrogen-bond donors (Lipinski definition) is 2. The van der Waals surface area contributed by atoms with E-state index in [1.54, 1.807) is 0 Å². The molecule has 0 aliphatic heterocycles. The molecule has 0 bridgehead atoms. The maximum atomic E-state index is 13.8. The quantitative estimate of drug-likeness (QED) is 0.569. The van der Waals surface area contributed by atoms with Gasteiger partial charge in [0.2, 0.25) is 11.9 Å². The number of halogens is 3. The molecular formula is C18H16ClF2N7O3. The van der Waals surface area contributed by atoms with Gasteiger partial charge in [0.1, 0.15) is 11.9 Å². The SMILES string of the molecule is CC(=O)Nc1ccc(-c2nnn(C)c2NC(=O)O[C@H](C)c2cc(F)cnc2F)nc1Cl. The highest BCUT2D eigenvalue weighted by Gasteiger charge is 2.22. The van der Waals surface area contributed by atoms with Gasteiger partial charge in [-0.05, 0) is 25.1 Å². The number of pyridine rings is 2. The minimum atomic E-state index is -1.13. The summed E-state index contributed by atoms with van der Waals surface area (Å²) in [4.78, 5) is 30.9. The van der Waals surface area contributed by atoms with Crippen molar-refractivity contribution in [2.45, 2.75) is 20.0 Å². The Labute approximate surface area is 179 Å². The molecule has 0 aliphatic rings. The van der Waals surface area contributed by atoms with Crippen LogP contribution in [0, 0.1) is 11.8 Å². The molecule has 3 rings (SSSR count). The minimum absolute atomic E-state index is 0.00887. The number of carbonyl (C=O) groups is 2. The number of amides is 2. The molecule has 0 radical (unpaired) electrons. The topological polar surface area (TPSA) is 124 Å². The summed E-state index contributed by atoms with van der Waals surface area (Å²) in [5.41, 5.74) is 0.508. The first-order chi connectivity index (χ1) is 14.7. The van der Waals surface area contributed by atoms with E-state index < -0.39 is 24.0 Å². The van der Waals surface area contributed by atoms with Gasteiger partial charge in [-0.15, -0.1) is 5.10 Å². The number of carbonyl (C=O) groups excluding carboxylic acids is 2. The first-order valence-corrected chi connectivity index (χ1v) is 9.16. The highest BCUT2D eigenvalue weighted by atomic mass is 35.5. The summed E-state index contributed by atoms with van der Waals surface area (Å²) in [5.74, 6) is -1.93. The number of nitrogens with one attached hydrogen (secondary N) is 2. The summed E-state index contributed by atoms with van der Waals surface area (Å²) < 4.78 is 33.5. The molecule has 13 heteroatoms. The van der Waals surface area contributed by atoms with Crippen molar-refractivity contribution in [1.82, 2.24) is 25.0 Å². The number of aryl methyl sites for hydroxylation is 1. The van der Waals surface area contributed by atoms with Crippen molar-refractivity contribution in [3.8, 4) is 11.4 Å². The lowest BCUT2D eigenvalue weighted by Gasteiger charge is -2.15. The summed E-state index contributed by atoms with van der Waals surface area (Å²) in [6.07, 6.45) is -1.38. The fraction of sp³-hybridized carbons (Fsp3) is 0.222. The number of nitrogens with zero attached hydrogens (tertiary/aromatic N) is 5. The van der Waals surface area contributed by atoms with E-state index >= 15 is 0 Å². The molecule has 0 aliphatic carbocycles. The van der Waals surface area contributed by atoms with Crippen LogP contribution in [0.3, 0.4) is 0 Å². The summed E-state index contributed by atoms with van der Waals surface area (Å²) in [6, 6.07) is 3.93. The van der Waals surface area contributed by atoms with E-state index in [1.807, 2.05) is 0 Å². The lowest BCUT2D eigenvalue weighted by Crippen LogP contribution is -2.19. The molecule has 1 atom stereocenters. The largest absolute Gasteiger partial charge is 0.441 e. The number of ether oxygens (including phenoxy) is 1. The predicted octanol–water partition coefficient (Wildman–Crippen LogP) is 3.47. The van der Waals surface area contributed by atoms with Crippen LogP contribution in [0.25, 0.3) is 11.4 Å². The average Bonchev–Trinajstić information content (AvgIpc) is 3.05. The van der Waals surface area contributed by atoms with Crippen molar-refractivity contribution in [1.29, 1.82) is 0 Å². The second-order valence-electron chi connectivity index (χ2n) is 6.33. The standard InChI is InChI=1S/C18H16ClF2N7O3/c1-8(11-6-10(20)7-22-16(11)21)31-18(30)25-17-14(26-27-28(17)3)12-4-5-13(15(19)24-12)23-9(2)29/h4-8H,1-3H3,(H,23,29)(H,25,30)/t8-/m1/s1. The second-order valence-corrected chi connectivity index (χ2v) is 6.69. The molecule has 0 fully saturated rings. The third kappa shape index (κ3) is 5.09. The van der Waals surface area contributed by atoms with Crippen molar-refractivity contribution >= 4 is 35.1 Å². The van der Waals surface area contributed by atoms with Gasteiger partial charge in [-0.3, -0.25) is 10.1 Å². The Morgan fingerprint density at radius 1 is 1.26 bits per heavy atom. The van der Waals surface area contributed by atoms with E-state index in [2.05, 4.69) is 30.9 Å². The van der Waals surface area contributed by atoms with Gasteiger partial charge in [0, 0.05) is 14.0 Å². The Kier molecular flexibility index (Phi) is 6.39. The molecule has 31 heavy (non-hydrogen) atoms. The van der Waals surface area contributed by atoms with Gasteiger partial charge in [0.25, 0.3) is 0 Å². The van der Waals surface area contributed by atoms with Crippen LogP contribution in [0.2, 0.25) is 5.15 Å². The zero-order chi connectivity index (χ0) is 22.7. The average molecular weight is 452 g/mol. The van der Waals surface area contributed by atoms with E-state index in [-0.39, 0.29) is 33.8 Å². The van der Waals surface area contributed by atoms with Crippen molar-refractivity contribution in [3.05, 3.63) is 46.9 Å². The fourth-order valence-electron chi connectivity index (χ4n) is 2.59. The first-order valence-electron chi connectivity index (χ1n) is 8.78. The van der Waals surface area contributed by atoms with Crippen molar-refractivity contribution < 1.29 is 23.1 Å². The molecule has 2 N–H and O–H groups in total. The van der Waals surface area contributed by atoms with E-state index in [0.29, 0.717) is 11.9 Å². The highest BCUT2D eigenvalue weighted by Crippen LogP contribution is 2.29. The van der Waals surface area contributed by atoms with E-state index in [0.717, 1.165) is 6.07 Å². The molecule has 0 saturated carbocycles. The zero-order valence-electron chi connectivity index (χ0n) is 16.5.